The number of ether oxygens (including phenoxy) is 1. The third-order valence-corrected chi connectivity index (χ3v) is 3.41. The first-order valence-electron chi connectivity index (χ1n) is 6.78. The van der Waals surface area contributed by atoms with E-state index in [1.54, 1.807) is 4.90 Å². The minimum atomic E-state index is -0.184. The van der Waals surface area contributed by atoms with Gasteiger partial charge in [0.1, 0.15) is 6.04 Å². The predicted molar refractivity (Wildman–Crippen MR) is 75.1 cm³/mol. The van der Waals surface area contributed by atoms with E-state index in [9.17, 15) is 4.79 Å². The summed E-state index contributed by atoms with van der Waals surface area (Å²) in [4.78, 5) is 14.0. The topological polar surface area (TPSA) is 41.6 Å². The number of nitrogens with zero attached hydrogens (tertiary/aromatic N) is 1. The molecule has 1 aromatic carbocycles. The molecule has 1 unspecified atom stereocenters. The molecule has 1 heterocycles. The van der Waals surface area contributed by atoms with E-state index in [1.165, 1.54) is 11.1 Å². The van der Waals surface area contributed by atoms with Crippen LogP contribution in [0, 0.1) is 6.92 Å². The van der Waals surface area contributed by atoms with Crippen LogP contribution in [0.25, 0.3) is 0 Å². The third-order valence-electron chi connectivity index (χ3n) is 3.41. The highest BCUT2D eigenvalue weighted by atomic mass is 16.5. The molecule has 0 radical (unpaired) electrons. The Labute approximate surface area is 114 Å². The summed E-state index contributed by atoms with van der Waals surface area (Å²) in [6.07, 6.45) is 0.886. The predicted octanol–water partition coefficient (Wildman–Crippen LogP) is 0.984. The summed E-state index contributed by atoms with van der Waals surface area (Å²) in [6, 6.07) is 8.23. The van der Waals surface area contributed by atoms with Crippen molar-refractivity contribution in [2.75, 3.05) is 33.4 Å². The number of hydrogen-bond donors (Lipinski definition) is 1. The van der Waals surface area contributed by atoms with Gasteiger partial charge in [-0.25, -0.2) is 0 Å². The summed E-state index contributed by atoms with van der Waals surface area (Å²) >= 11 is 0. The number of likely N-dealkylation sites (N-methyl/N-ethyl adjacent to an activating group) is 1. The van der Waals surface area contributed by atoms with Gasteiger partial charge in [-0.3, -0.25) is 4.79 Å². The van der Waals surface area contributed by atoms with Crippen LogP contribution in [0.1, 0.15) is 11.1 Å². The first-order chi connectivity index (χ1) is 9.16. The van der Waals surface area contributed by atoms with Crippen molar-refractivity contribution in [1.82, 2.24) is 10.2 Å². The molecule has 4 nitrogen and oxygen atoms in total. The second-order valence-corrected chi connectivity index (χ2v) is 5.08. The number of rotatable bonds is 4. The molecule has 104 valence electrons. The Kier molecular flexibility index (Phi) is 4.93. The monoisotopic (exact) mass is 262 g/mol. The van der Waals surface area contributed by atoms with Crippen LogP contribution in [0.5, 0.6) is 0 Å². The first-order valence-corrected chi connectivity index (χ1v) is 6.78. The summed E-state index contributed by atoms with van der Waals surface area (Å²) in [5.41, 5.74) is 2.53. The molecule has 19 heavy (non-hydrogen) atoms. The van der Waals surface area contributed by atoms with Gasteiger partial charge >= 0.3 is 0 Å². The molecule has 2 rings (SSSR count). The fraction of sp³-hybridized carbons (Fsp3) is 0.533. The van der Waals surface area contributed by atoms with E-state index in [1.807, 2.05) is 7.05 Å². The second kappa shape index (κ2) is 6.68. The molecule has 0 spiro atoms. The van der Waals surface area contributed by atoms with Gasteiger partial charge in [-0.05, 0) is 18.9 Å². The van der Waals surface area contributed by atoms with Crippen LogP contribution in [0.3, 0.4) is 0 Å². The van der Waals surface area contributed by atoms with Gasteiger partial charge in [0.15, 0.2) is 0 Å². The van der Waals surface area contributed by atoms with Crippen molar-refractivity contribution in [2.45, 2.75) is 19.4 Å². The number of morpholine rings is 1. The van der Waals surface area contributed by atoms with Crippen LogP contribution in [0.4, 0.5) is 0 Å². The van der Waals surface area contributed by atoms with E-state index in [-0.39, 0.29) is 11.9 Å². The second-order valence-electron chi connectivity index (χ2n) is 5.08. The summed E-state index contributed by atoms with van der Waals surface area (Å²) in [5.74, 6) is 0.118. The maximum Gasteiger partial charge on any atom is 0.241 e. The Bertz CT molecular complexity index is 428. The molecule has 1 amide bonds. The average Bonchev–Trinajstić information content (AvgIpc) is 2.45. The largest absolute Gasteiger partial charge is 0.378 e. The number of aryl methyl sites for hydroxylation is 1. The Hall–Kier alpha value is -1.39. The molecule has 1 N–H and O–H groups in total. The lowest BCUT2D eigenvalue weighted by atomic mass is 10.1. The molecule has 0 bridgehead atoms. The zero-order valence-electron chi connectivity index (χ0n) is 11.7. The minimum absolute atomic E-state index is 0.118. The number of carbonyl (C=O) groups excluding carboxylic acids is 1. The van der Waals surface area contributed by atoms with E-state index < -0.39 is 0 Å². The highest BCUT2D eigenvalue weighted by molar-refractivity contribution is 5.81. The highest BCUT2D eigenvalue weighted by Gasteiger charge is 2.23. The lowest BCUT2D eigenvalue weighted by molar-refractivity contribution is -0.135. The van der Waals surface area contributed by atoms with Crippen molar-refractivity contribution in [3.8, 4) is 0 Å². The van der Waals surface area contributed by atoms with Crippen molar-refractivity contribution < 1.29 is 9.53 Å². The number of benzene rings is 1. The molecule has 4 heteroatoms. The zero-order valence-corrected chi connectivity index (χ0v) is 11.7. The molecule has 1 aliphatic heterocycles. The normalized spacial score (nSPS) is 19.2. The van der Waals surface area contributed by atoms with Crippen LogP contribution in [0.15, 0.2) is 24.3 Å². The SMILES string of the molecule is Cc1cccc(CCN(C)C(=O)C2COCCN2)c1. The molecule has 0 aromatic heterocycles. The van der Waals surface area contributed by atoms with Crippen molar-refractivity contribution in [1.29, 1.82) is 0 Å². The zero-order chi connectivity index (χ0) is 13.7. The number of hydrogen-bond acceptors (Lipinski definition) is 3. The molecule has 1 saturated heterocycles. The van der Waals surface area contributed by atoms with Gasteiger partial charge in [0.2, 0.25) is 5.91 Å². The first kappa shape index (κ1) is 14.0. The van der Waals surface area contributed by atoms with E-state index in [2.05, 4.69) is 36.5 Å². The maximum absolute atomic E-state index is 12.2. The van der Waals surface area contributed by atoms with Crippen LogP contribution < -0.4 is 5.32 Å². The van der Waals surface area contributed by atoms with Crippen molar-refractivity contribution in [3.05, 3.63) is 35.4 Å². The molecule has 1 fully saturated rings. The summed E-state index contributed by atoms with van der Waals surface area (Å²) < 4.78 is 5.32. The smallest absolute Gasteiger partial charge is 0.241 e. The molecular weight excluding hydrogens is 240 g/mol. The summed E-state index contributed by atoms with van der Waals surface area (Å²) in [7, 11) is 1.86. The van der Waals surface area contributed by atoms with Crippen molar-refractivity contribution in [2.24, 2.45) is 0 Å². The van der Waals surface area contributed by atoms with Crippen molar-refractivity contribution >= 4 is 5.91 Å². The Morgan fingerprint density at radius 3 is 3.05 bits per heavy atom. The van der Waals surface area contributed by atoms with Gasteiger partial charge in [0, 0.05) is 20.1 Å². The molecule has 1 aliphatic rings. The highest BCUT2D eigenvalue weighted by Crippen LogP contribution is 2.06. The van der Waals surface area contributed by atoms with E-state index in [0.717, 1.165) is 19.5 Å². The van der Waals surface area contributed by atoms with Crippen molar-refractivity contribution in [3.63, 3.8) is 0 Å². The third kappa shape index (κ3) is 4.04. The van der Waals surface area contributed by atoms with Crippen LogP contribution in [-0.2, 0) is 16.0 Å². The quantitative estimate of drug-likeness (QED) is 0.879. The minimum Gasteiger partial charge on any atom is -0.378 e. The number of amides is 1. The van der Waals surface area contributed by atoms with Crippen LogP contribution >= 0.6 is 0 Å². The number of carbonyl (C=O) groups is 1. The van der Waals surface area contributed by atoms with Crippen LogP contribution in [-0.4, -0.2) is 50.2 Å². The molecule has 0 saturated carbocycles. The van der Waals surface area contributed by atoms with Gasteiger partial charge in [-0.15, -0.1) is 0 Å². The van der Waals surface area contributed by atoms with Gasteiger partial charge in [0.25, 0.3) is 0 Å². The fourth-order valence-electron chi connectivity index (χ4n) is 2.26. The summed E-state index contributed by atoms with van der Waals surface area (Å²) in [6.45, 7) is 4.74. The molecule has 1 aromatic rings. The Morgan fingerprint density at radius 1 is 1.53 bits per heavy atom. The Morgan fingerprint density at radius 2 is 2.37 bits per heavy atom. The Balaban J connectivity index is 1.83. The lowest BCUT2D eigenvalue weighted by Crippen LogP contribution is -2.51. The van der Waals surface area contributed by atoms with E-state index >= 15 is 0 Å². The molecule has 1 atom stereocenters. The van der Waals surface area contributed by atoms with Crippen LogP contribution in [0.2, 0.25) is 0 Å². The average molecular weight is 262 g/mol. The lowest BCUT2D eigenvalue weighted by Gasteiger charge is -2.27. The van der Waals surface area contributed by atoms with Gasteiger partial charge in [-0.1, -0.05) is 29.8 Å². The maximum atomic E-state index is 12.2. The standard InChI is InChI=1S/C15H22N2O2/c1-12-4-3-5-13(10-12)6-8-17(2)15(18)14-11-19-9-7-16-14/h3-5,10,14,16H,6-9,11H2,1-2H3. The fourth-order valence-corrected chi connectivity index (χ4v) is 2.26. The molecular formula is C15H22N2O2. The summed E-state index contributed by atoms with van der Waals surface area (Å²) in [5, 5.41) is 3.19. The van der Waals surface area contributed by atoms with Gasteiger partial charge < -0.3 is 15.0 Å². The van der Waals surface area contributed by atoms with Gasteiger partial charge in [-0.2, -0.15) is 0 Å². The van der Waals surface area contributed by atoms with Gasteiger partial charge in [0.05, 0.1) is 13.2 Å². The number of nitrogens with one attached hydrogen (secondary N) is 1. The van der Waals surface area contributed by atoms with E-state index in [4.69, 9.17) is 4.74 Å². The van der Waals surface area contributed by atoms with E-state index in [0.29, 0.717) is 13.2 Å². The molecule has 0 aliphatic carbocycles.